The van der Waals surface area contributed by atoms with Crippen LogP contribution >= 0.6 is 0 Å². The normalized spacial score (nSPS) is 13.6. The third-order valence-corrected chi connectivity index (χ3v) is 13.3. The van der Waals surface area contributed by atoms with E-state index in [0.717, 1.165) is 45.0 Å². The summed E-state index contributed by atoms with van der Waals surface area (Å²) in [5, 5.41) is 2.27. The van der Waals surface area contributed by atoms with Crippen LogP contribution in [0.15, 0.2) is 128 Å². The van der Waals surface area contributed by atoms with Gasteiger partial charge in [0.05, 0.1) is 0 Å². The molecule has 6 aromatic carbocycles. The van der Waals surface area contributed by atoms with Crippen LogP contribution in [-0.4, -0.2) is 9.55 Å². The fourth-order valence-corrected chi connectivity index (χ4v) is 9.06. The molecule has 3 heterocycles. The Kier molecular flexibility index (Phi) is 12.5. The second-order valence-electron chi connectivity index (χ2n) is 23.7. The number of nitrogens with zero attached hydrogens (tertiary/aromatic N) is 4. The third-order valence-electron chi connectivity index (χ3n) is 13.3. The topological polar surface area (TPSA) is 33.5 Å². The molecule has 0 bridgehead atoms. The van der Waals surface area contributed by atoms with Crippen LogP contribution in [0.4, 0.5) is 22.7 Å². The molecule has 0 atom stereocenters. The van der Waals surface area contributed by atoms with Crippen LogP contribution in [0, 0.1) is 18.8 Å². The van der Waals surface area contributed by atoms with E-state index < -0.39 is 0 Å². The Morgan fingerprint density at radius 1 is 0.500 bits per heavy atom. The van der Waals surface area contributed by atoms with Crippen LogP contribution in [-0.2, 0) is 48.1 Å². The molecule has 0 saturated heterocycles. The zero-order valence-electron chi connectivity index (χ0n) is 42.7. The minimum Gasteiger partial charge on any atom is -0.509 e. The smallest absolute Gasteiger partial charge is 0.135 e. The molecular formula is C62H67N4OPt-3. The zero-order chi connectivity index (χ0) is 48.0. The van der Waals surface area contributed by atoms with E-state index in [1.807, 2.05) is 18.3 Å². The molecule has 2 aromatic heterocycles. The number of anilines is 4. The number of fused-ring (bicyclic) bond motifs is 4. The summed E-state index contributed by atoms with van der Waals surface area (Å²) < 4.78 is 9.01. The van der Waals surface area contributed by atoms with Gasteiger partial charge in [0.25, 0.3) is 0 Å². The molecular weight excluding hydrogens is 1010 g/mol. The first-order valence-electron chi connectivity index (χ1n) is 23.9. The van der Waals surface area contributed by atoms with Crippen molar-refractivity contribution in [3.8, 4) is 28.4 Å². The van der Waals surface area contributed by atoms with Gasteiger partial charge in [0, 0.05) is 66.9 Å². The van der Waals surface area contributed by atoms with Crippen molar-refractivity contribution in [1.82, 2.24) is 9.55 Å². The molecule has 354 valence electrons. The largest absolute Gasteiger partial charge is 0.509 e. The average Bonchev–Trinajstić information content (AvgIpc) is 3.81. The quantitative estimate of drug-likeness (QED) is 0.155. The van der Waals surface area contributed by atoms with Crippen LogP contribution in [0.25, 0.3) is 38.8 Å². The van der Waals surface area contributed by atoms with Crippen molar-refractivity contribution < 1.29 is 25.8 Å². The molecule has 6 heteroatoms. The molecule has 0 spiro atoms. The first kappa shape index (κ1) is 48.8. The molecule has 0 fully saturated rings. The number of aromatic nitrogens is 2. The Balaban J connectivity index is 0.00000625. The van der Waals surface area contributed by atoms with Gasteiger partial charge in [0.2, 0.25) is 0 Å². The Morgan fingerprint density at radius 3 is 1.76 bits per heavy atom. The van der Waals surface area contributed by atoms with Crippen molar-refractivity contribution in [1.29, 1.82) is 0 Å². The van der Waals surface area contributed by atoms with Gasteiger partial charge in [-0.3, -0.25) is 0 Å². The third kappa shape index (κ3) is 9.41. The molecule has 1 aliphatic heterocycles. The fraction of sp³-hybridized carbons (Fsp3) is 0.323. The summed E-state index contributed by atoms with van der Waals surface area (Å²) >= 11 is 0. The van der Waals surface area contributed by atoms with E-state index in [9.17, 15) is 0 Å². The summed E-state index contributed by atoms with van der Waals surface area (Å²) in [5.41, 5.74) is 14.8. The molecule has 8 aromatic rings. The first-order valence-corrected chi connectivity index (χ1v) is 23.9. The molecule has 9 rings (SSSR count). The summed E-state index contributed by atoms with van der Waals surface area (Å²) in [6.45, 7) is 36.4. The molecule has 5 nitrogen and oxygen atoms in total. The number of benzene rings is 6. The van der Waals surface area contributed by atoms with Crippen molar-refractivity contribution in [3.05, 3.63) is 174 Å². The number of para-hydroxylation sites is 1. The molecule has 0 saturated carbocycles. The van der Waals surface area contributed by atoms with E-state index in [0.29, 0.717) is 11.5 Å². The number of rotatable bonds is 6. The minimum atomic E-state index is -0.0466. The van der Waals surface area contributed by atoms with E-state index in [-0.39, 0.29) is 48.1 Å². The van der Waals surface area contributed by atoms with Crippen LogP contribution in [0.2, 0.25) is 0 Å². The van der Waals surface area contributed by atoms with Gasteiger partial charge in [-0.15, -0.1) is 48.1 Å². The van der Waals surface area contributed by atoms with Crippen molar-refractivity contribution >= 4 is 44.6 Å². The van der Waals surface area contributed by atoms with Gasteiger partial charge in [-0.1, -0.05) is 164 Å². The maximum Gasteiger partial charge on any atom is 0.135 e. The minimum absolute atomic E-state index is 0. The maximum absolute atomic E-state index is 6.77. The zero-order valence-corrected chi connectivity index (χ0v) is 45.0. The molecule has 0 amide bonds. The van der Waals surface area contributed by atoms with Gasteiger partial charge >= 0.3 is 0 Å². The predicted molar refractivity (Wildman–Crippen MR) is 283 cm³/mol. The Labute approximate surface area is 420 Å². The second kappa shape index (κ2) is 17.4. The maximum atomic E-state index is 6.77. The SMILES string of the molecule is CC(C)(C)c1cccc(-c2cccc3c2N(c2cc(C(C)(C)C)cc(C(C)(C)C)c2)[CH-]N3c2[c-]c(Oc3[c-]c4c(cc3)c3cc(C(C)(C)C)ccc3n4-c3cc(C(C)(C)C)ccn3)ccc2)c1.[Pt]. The van der Waals surface area contributed by atoms with Gasteiger partial charge in [0.1, 0.15) is 5.82 Å². The number of pyridine rings is 1. The van der Waals surface area contributed by atoms with E-state index >= 15 is 0 Å². The fourth-order valence-electron chi connectivity index (χ4n) is 9.06. The number of hydrogen-bond donors (Lipinski definition) is 0. The van der Waals surface area contributed by atoms with Gasteiger partial charge in [-0.2, -0.15) is 12.1 Å². The first-order chi connectivity index (χ1) is 31.3. The average molecular weight is 1080 g/mol. The van der Waals surface area contributed by atoms with Crippen molar-refractivity contribution in [2.45, 2.75) is 131 Å². The van der Waals surface area contributed by atoms with Gasteiger partial charge < -0.3 is 19.1 Å². The van der Waals surface area contributed by atoms with E-state index in [2.05, 4.69) is 246 Å². The molecule has 0 radical (unpaired) electrons. The standard InChI is InChI=1S/C62H67N4O.Pt/c1-58(2,3)41-20-16-19-40(31-41)50-23-18-24-54-57(50)65(47-33-44(61(10,11)12)32-45(34-47)62(13,14)15)39-64(54)46-21-17-22-48(37-46)67-49-26-27-51-52-35-42(59(4,5)6)25-28-53(52)66(55(51)38-49)56-36-43(29-30-63-56)60(7,8)9;/h16-36,39H,1-15H3;/q-3;. The van der Waals surface area contributed by atoms with Crippen LogP contribution in [0.5, 0.6) is 11.5 Å². The Morgan fingerprint density at radius 2 is 1.10 bits per heavy atom. The van der Waals surface area contributed by atoms with Crippen molar-refractivity contribution in [3.63, 3.8) is 0 Å². The van der Waals surface area contributed by atoms with Gasteiger partial charge in [-0.25, -0.2) is 4.98 Å². The molecule has 1 aliphatic rings. The van der Waals surface area contributed by atoms with Crippen molar-refractivity contribution in [2.24, 2.45) is 0 Å². The predicted octanol–water partition coefficient (Wildman–Crippen LogP) is 17.1. The summed E-state index contributed by atoms with van der Waals surface area (Å²) in [5.74, 6) is 2.07. The summed E-state index contributed by atoms with van der Waals surface area (Å²) in [7, 11) is 0. The molecule has 68 heavy (non-hydrogen) atoms. The monoisotopic (exact) mass is 1080 g/mol. The number of ether oxygens (including phenoxy) is 1. The van der Waals surface area contributed by atoms with E-state index in [1.165, 1.54) is 44.3 Å². The summed E-state index contributed by atoms with van der Waals surface area (Å²) in [6.07, 6.45) is 1.92. The van der Waals surface area contributed by atoms with E-state index in [4.69, 9.17) is 9.72 Å². The molecule has 0 N–H and O–H groups in total. The second-order valence-corrected chi connectivity index (χ2v) is 23.7. The van der Waals surface area contributed by atoms with Crippen LogP contribution in [0.3, 0.4) is 0 Å². The summed E-state index contributed by atoms with van der Waals surface area (Å²) in [4.78, 5) is 9.58. The molecule has 0 aliphatic carbocycles. The van der Waals surface area contributed by atoms with Crippen LogP contribution in [0.1, 0.15) is 132 Å². The van der Waals surface area contributed by atoms with Gasteiger partial charge in [-0.05, 0) is 102 Å². The van der Waals surface area contributed by atoms with Crippen LogP contribution < -0.4 is 14.5 Å². The Hall–Kier alpha value is -5.64. The summed E-state index contributed by atoms with van der Waals surface area (Å²) in [6, 6.07) is 51.7. The van der Waals surface area contributed by atoms with E-state index in [1.54, 1.807) is 0 Å². The van der Waals surface area contributed by atoms with Gasteiger partial charge in [0.15, 0.2) is 0 Å². The molecule has 0 unspecified atom stereocenters. The number of hydrogen-bond acceptors (Lipinski definition) is 4. The Bertz CT molecular complexity index is 3150. The van der Waals surface area contributed by atoms with Crippen molar-refractivity contribution in [2.75, 3.05) is 9.80 Å².